The smallest absolute Gasteiger partial charge is 0.349 e. The standard InChI is InChI=1S/C18H21N5O4/c1-18(2,3)17(25)26-10-14(24)27-13-9-12(15(19)21-16(13)20)23-22-11-7-5-4-6-8-11/h4-9H,10H2,1-3H3,(H4,19,20,21). The topological polar surface area (TPSA) is 142 Å². The van der Waals surface area contributed by atoms with Crippen LogP contribution in [-0.2, 0) is 14.3 Å². The van der Waals surface area contributed by atoms with E-state index in [-0.39, 0.29) is 23.1 Å². The second kappa shape index (κ2) is 8.26. The van der Waals surface area contributed by atoms with Gasteiger partial charge in [-0.3, -0.25) is 4.79 Å². The molecule has 1 aromatic carbocycles. The highest BCUT2D eigenvalue weighted by Gasteiger charge is 2.24. The fourth-order valence-corrected chi connectivity index (χ4v) is 1.78. The predicted molar refractivity (Wildman–Crippen MR) is 99.7 cm³/mol. The number of nitrogens with zero attached hydrogens (tertiary/aromatic N) is 3. The zero-order valence-electron chi connectivity index (χ0n) is 15.3. The van der Waals surface area contributed by atoms with E-state index in [1.165, 1.54) is 6.07 Å². The van der Waals surface area contributed by atoms with Gasteiger partial charge in [-0.2, -0.15) is 5.11 Å². The van der Waals surface area contributed by atoms with Crippen LogP contribution < -0.4 is 16.2 Å². The number of carbonyl (C=O) groups excluding carboxylic acids is 2. The van der Waals surface area contributed by atoms with Gasteiger partial charge in [0.15, 0.2) is 24.0 Å². The largest absolute Gasteiger partial charge is 0.453 e. The van der Waals surface area contributed by atoms with Gasteiger partial charge in [0.1, 0.15) is 5.69 Å². The maximum atomic E-state index is 11.9. The third-order valence-corrected chi connectivity index (χ3v) is 3.21. The molecule has 0 spiro atoms. The van der Waals surface area contributed by atoms with Gasteiger partial charge in [-0.05, 0) is 32.9 Å². The fraction of sp³-hybridized carbons (Fsp3) is 0.278. The van der Waals surface area contributed by atoms with Crippen molar-refractivity contribution in [3.8, 4) is 5.75 Å². The summed E-state index contributed by atoms with van der Waals surface area (Å²) in [5.74, 6) is -1.45. The van der Waals surface area contributed by atoms with Crippen molar-refractivity contribution in [2.45, 2.75) is 20.8 Å². The average Bonchev–Trinajstić information content (AvgIpc) is 2.61. The monoisotopic (exact) mass is 371 g/mol. The summed E-state index contributed by atoms with van der Waals surface area (Å²) in [4.78, 5) is 27.5. The average molecular weight is 371 g/mol. The number of aromatic nitrogens is 1. The van der Waals surface area contributed by atoms with Gasteiger partial charge in [0.2, 0.25) is 0 Å². The van der Waals surface area contributed by atoms with Crippen LogP contribution in [0.25, 0.3) is 0 Å². The molecule has 27 heavy (non-hydrogen) atoms. The second-order valence-corrected chi connectivity index (χ2v) is 6.61. The molecule has 142 valence electrons. The van der Waals surface area contributed by atoms with E-state index in [4.69, 9.17) is 20.9 Å². The third-order valence-electron chi connectivity index (χ3n) is 3.21. The minimum atomic E-state index is -0.809. The first kappa shape index (κ1) is 19.8. The van der Waals surface area contributed by atoms with Crippen molar-refractivity contribution in [1.29, 1.82) is 0 Å². The summed E-state index contributed by atoms with van der Waals surface area (Å²) in [6.07, 6.45) is 0. The molecule has 0 aliphatic carbocycles. The number of ether oxygens (including phenoxy) is 2. The zero-order chi connectivity index (χ0) is 20.0. The summed E-state index contributed by atoms with van der Waals surface area (Å²) in [6.45, 7) is 4.46. The lowest BCUT2D eigenvalue weighted by Crippen LogP contribution is -2.27. The van der Waals surface area contributed by atoms with Gasteiger partial charge in [0.05, 0.1) is 11.1 Å². The second-order valence-electron chi connectivity index (χ2n) is 6.61. The van der Waals surface area contributed by atoms with E-state index in [0.717, 1.165) is 0 Å². The van der Waals surface area contributed by atoms with Gasteiger partial charge in [-0.1, -0.05) is 18.2 Å². The predicted octanol–water partition coefficient (Wildman–Crippen LogP) is 3.16. The number of azo groups is 1. The Hall–Kier alpha value is -3.49. The highest BCUT2D eigenvalue weighted by atomic mass is 16.6. The minimum absolute atomic E-state index is 0.0335. The molecule has 0 amide bonds. The molecule has 1 aromatic heterocycles. The number of pyridine rings is 1. The van der Waals surface area contributed by atoms with Gasteiger partial charge in [-0.15, -0.1) is 5.11 Å². The maximum absolute atomic E-state index is 11.9. The van der Waals surface area contributed by atoms with Crippen molar-refractivity contribution < 1.29 is 19.1 Å². The Labute approximate surface area is 156 Å². The Morgan fingerprint density at radius 1 is 1.07 bits per heavy atom. The summed E-state index contributed by atoms with van der Waals surface area (Å²) < 4.78 is 9.99. The molecule has 0 unspecified atom stereocenters. The molecule has 2 rings (SSSR count). The van der Waals surface area contributed by atoms with Crippen molar-refractivity contribution in [2.24, 2.45) is 15.6 Å². The molecule has 0 aliphatic rings. The number of anilines is 2. The van der Waals surface area contributed by atoms with Gasteiger partial charge in [0.25, 0.3) is 0 Å². The molecule has 0 radical (unpaired) electrons. The summed E-state index contributed by atoms with van der Waals surface area (Å²) in [5, 5.41) is 8.03. The Morgan fingerprint density at radius 3 is 2.37 bits per heavy atom. The molecular formula is C18H21N5O4. The van der Waals surface area contributed by atoms with E-state index in [1.54, 1.807) is 32.9 Å². The quantitative estimate of drug-likeness (QED) is 0.607. The van der Waals surface area contributed by atoms with Crippen molar-refractivity contribution in [1.82, 2.24) is 4.98 Å². The summed E-state index contributed by atoms with van der Waals surface area (Å²) in [6, 6.07) is 10.3. The van der Waals surface area contributed by atoms with Crippen molar-refractivity contribution in [3.05, 3.63) is 36.4 Å². The van der Waals surface area contributed by atoms with E-state index in [2.05, 4.69) is 15.2 Å². The molecule has 0 bridgehead atoms. The van der Waals surface area contributed by atoms with E-state index < -0.39 is 24.0 Å². The van der Waals surface area contributed by atoms with Gasteiger partial charge in [-0.25, -0.2) is 9.78 Å². The molecule has 9 heteroatoms. The van der Waals surface area contributed by atoms with Crippen LogP contribution in [0.5, 0.6) is 5.75 Å². The van der Waals surface area contributed by atoms with E-state index in [0.29, 0.717) is 5.69 Å². The van der Waals surface area contributed by atoms with E-state index in [1.807, 2.05) is 18.2 Å². The van der Waals surface area contributed by atoms with Crippen LogP contribution in [0.1, 0.15) is 20.8 Å². The third kappa shape index (κ3) is 5.77. The van der Waals surface area contributed by atoms with E-state index >= 15 is 0 Å². The lowest BCUT2D eigenvalue weighted by Gasteiger charge is -2.16. The normalized spacial score (nSPS) is 11.4. The molecule has 0 saturated heterocycles. The van der Waals surface area contributed by atoms with Crippen LogP contribution in [0.3, 0.4) is 0 Å². The minimum Gasteiger partial charge on any atom is -0.453 e. The molecular weight excluding hydrogens is 350 g/mol. The molecule has 0 aliphatic heterocycles. The van der Waals surface area contributed by atoms with Gasteiger partial charge < -0.3 is 20.9 Å². The van der Waals surface area contributed by atoms with Crippen LogP contribution in [0, 0.1) is 5.41 Å². The number of nitrogens with two attached hydrogens (primary N) is 2. The number of esters is 2. The summed E-state index contributed by atoms with van der Waals surface area (Å²) >= 11 is 0. The first-order chi connectivity index (χ1) is 12.7. The number of hydrogen-bond acceptors (Lipinski definition) is 9. The fourth-order valence-electron chi connectivity index (χ4n) is 1.78. The van der Waals surface area contributed by atoms with Crippen LogP contribution in [-0.4, -0.2) is 23.5 Å². The molecule has 1 heterocycles. The molecule has 0 atom stereocenters. The van der Waals surface area contributed by atoms with E-state index in [9.17, 15) is 9.59 Å². The van der Waals surface area contributed by atoms with Gasteiger partial charge in [0, 0.05) is 6.07 Å². The number of carbonyl (C=O) groups is 2. The molecule has 4 N–H and O–H groups in total. The van der Waals surface area contributed by atoms with Gasteiger partial charge >= 0.3 is 11.9 Å². The highest BCUT2D eigenvalue weighted by Crippen LogP contribution is 2.31. The lowest BCUT2D eigenvalue weighted by molar-refractivity contribution is -0.160. The number of nitrogen functional groups attached to an aromatic ring is 2. The summed E-state index contributed by atoms with van der Waals surface area (Å²) in [5.41, 5.74) is 11.6. The van der Waals surface area contributed by atoms with Crippen LogP contribution in [0.15, 0.2) is 46.6 Å². The highest BCUT2D eigenvalue weighted by molar-refractivity contribution is 5.81. The molecule has 2 aromatic rings. The molecule has 0 saturated carbocycles. The lowest BCUT2D eigenvalue weighted by atomic mass is 9.97. The van der Waals surface area contributed by atoms with Crippen molar-refractivity contribution in [3.63, 3.8) is 0 Å². The SMILES string of the molecule is CC(C)(C)C(=O)OCC(=O)Oc1cc(N=Nc2ccccc2)c(N)nc1N. The zero-order valence-corrected chi connectivity index (χ0v) is 15.3. The summed E-state index contributed by atoms with van der Waals surface area (Å²) in [7, 11) is 0. The Balaban J connectivity index is 2.10. The van der Waals surface area contributed by atoms with Crippen LogP contribution in [0.4, 0.5) is 23.0 Å². The maximum Gasteiger partial charge on any atom is 0.349 e. The Kier molecular flexibility index (Phi) is 6.07. The van der Waals surface area contributed by atoms with Crippen LogP contribution >= 0.6 is 0 Å². The number of hydrogen-bond donors (Lipinski definition) is 2. The Bertz CT molecular complexity index is 860. The molecule has 0 fully saturated rings. The van der Waals surface area contributed by atoms with Crippen LogP contribution in [0.2, 0.25) is 0 Å². The number of benzene rings is 1. The first-order valence-electron chi connectivity index (χ1n) is 8.07. The van der Waals surface area contributed by atoms with Crippen molar-refractivity contribution >= 4 is 34.9 Å². The Morgan fingerprint density at radius 2 is 1.74 bits per heavy atom. The van der Waals surface area contributed by atoms with Crippen molar-refractivity contribution in [2.75, 3.05) is 18.1 Å². The number of rotatable bonds is 5. The first-order valence-corrected chi connectivity index (χ1v) is 8.07. The molecule has 9 nitrogen and oxygen atoms in total.